The van der Waals surface area contributed by atoms with Gasteiger partial charge in [-0.05, 0) is 54.1 Å². The molecule has 3 aromatic carbocycles. The number of hydrazone groups is 1. The largest absolute Gasteiger partial charge is 0.493 e. The molecule has 0 aliphatic rings. The van der Waals surface area contributed by atoms with Gasteiger partial charge in [0.25, 0.3) is 0 Å². The van der Waals surface area contributed by atoms with E-state index in [2.05, 4.69) is 10.5 Å². The van der Waals surface area contributed by atoms with E-state index < -0.39 is 0 Å². The Balaban J connectivity index is 1.75. The standard InChI is InChI=1S/C21H18F2N2O2/c1-26-20-4-2-3-16(13-24-25-19-11-9-18(23)10-12-19)21(20)27-14-15-5-7-17(22)8-6-15/h2-13,25H,14H2,1H3. The number of methoxy groups -OCH3 is 1. The zero-order valence-electron chi connectivity index (χ0n) is 14.7. The second kappa shape index (κ2) is 8.80. The first-order valence-corrected chi connectivity index (χ1v) is 8.24. The fourth-order valence-corrected chi connectivity index (χ4v) is 2.39. The number of para-hydroxylation sites is 1. The van der Waals surface area contributed by atoms with Crippen molar-refractivity contribution in [3.05, 3.63) is 89.5 Å². The minimum atomic E-state index is -0.311. The molecule has 0 aliphatic carbocycles. The van der Waals surface area contributed by atoms with E-state index in [4.69, 9.17) is 9.47 Å². The molecule has 6 heteroatoms. The van der Waals surface area contributed by atoms with E-state index in [1.165, 1.54) is 24.3 Å². The van der Waals surface area contributed by atoms with E-state index in [9.17, 15) is 8.78 Å². The molecule has 0 bridgehead atoms. The molecule has 0 unspecified atom stereocenters. The number of hydrogen-bond acceptors (Lipinski definition) is 4. The van der Waals surface area contributed by atoms with Crippen LogP contribution >= 0.6 is 0 Å². The van der Waals surface area contributed by atoms with Gasteiger partial charge in [-0.3, -0.25) is 5.43 Å². The van der Waals surface area contributed by atoms with Crippen molar-refractivity contribution in [1.29, 1.82) is 0 Å². The number of benzene rings is 3. The molecular formula is C21H18F2N2O2. The molecule has 4 nitrogen and oxygen atoms in total. The zero-order valence-corrected chi connectivity index (χ0v) is 14.7. The van der Waals surface area contributed by atoms with Gasteiger partial charge in [0.1, 0.15) is 18.2 Å². The van der Waals surface area contributed by atoms with E-state index in [-0.39, 0.29) is 18.2 Å². The van der Waals surface area contributed by atoms with Crippen LogP contribution in [-0.4, -0.2) is 13.3 Å². The summed E-state index contributed by atoms with van der Waals surface area (Å²) >= 11 is 0. The topological polar surface area (TPSA) is 42.8 Å². The predicted octanol–water partition coefficient (Wildman–Crippen LogP) is 5.00. The highest BCUT2D eigenvalue weighted by atomic mass is 19.1. The van der Waals surface area contributed by atoms with Gasteiger partial charge in [0, 0.05) is 5.56 Å². The van der Waals surface area contributed by atoms with Gasteiger partial charge in [-0.1, -0.05) is 18.2 Å². The second-order valence-corrected chi connectivity index (χ2v) is 5.67. The third-order valence-corrected chi connectivity index (χ3v) is 3.77. The van der Waals surface area contributed by atoms with Crippen molar-refractivity contribution in [2.45, 2.75) is 6.61 Å². The maximum absolute atomic E-state index is 13.0. The molecule has 0 fully saturated rings. The van der Waals surface area contributed by atoms with Gasteiger partial charge in [0.05, 0.1) is 19.0 Å². The van der Waals surface area contributed by atoms with Gasteiger partial charge in [-0.25, -0.2) is 8.78 Å². The Bertz CT molecular complexity index is 910. The van der Waals surface area contributed by atoms with Crippen molar-refractivity contribution < 1.29 is 18.3 Å². The zero-order chi connectivity index (χ0) is 19.1. The van der Waals surface area contributed by atoms with Gasteiger partial charge < -0.3 is 9.47 Å². The molecule has 1 N–H and O–H groups in total. The molecule has 0 aromatic heterocycles. The average molecular weight is 368 g/mol. The minimum Gasteiger partial charge on any atom is -0.493 e. The summed E-state index contributed by atoms with van der Waals surface area (Å²) in [5.74, 6) is 0.473. The Hall–Kier alpha value is -3.41. The van der Waals surface area contributed by atoms with E-state index in [0.717, 1.165) is 5.56 Å². The third-order valence-electron chi connectivity index (χ3n) is 3.77. The summed E-state index contributed by atoms with van der Waals surface area (Å²) < 4.78 is 37.2. The summed E-state index contributed by atoms with van der Waals surface area (Å²) in [4.78, 5) is 0. The molecule has 0 aliphatic heterocycles. The van der Waals surface area contributed by atoms with Crippen molar-refractivity contribution in [3.8, 4) is 11.5 Å². The molecule has 0 radical (unpaired) electrons. The lowest BCUT2D eigenvalue weighted by molar-refractivity contribution is 0.284. The number of rotatable bonds is 7. The number of ether oxygens (including phenoxy) is 2. The van der Waals surface area contributed by atoms with Crippen molar-refractivity contribution >= 4 is 11.9 Å². The maximum atomic E-state index is 13.0. The smallest absolute Gasteiger partial charge is 0.170 e. The first-order chi connectivity index (χ1) is 13.2. The van der Waals surface area contributed by atoms with Gasteiger partial charge in [0.15, 0.2) is 11.5 Å². The first-order valence-electron chi connectivity index (χ1n) is 8.24. The Labute approximate surface area is 156 Å². The Kier molecular flexibility index (Phi) is 5.99. The molecule has 27 heavy (non-hydrogen) atoms. The Morgan fingerprint density at radius 3 is 2.26 bits per heavy atom. The van der Waals surface area contributed by atoms with Crippen molar-refractivity contribution in [1.82, 2.24) is 0 Å². The van der Waals surface area contributed by atoms with Gasteiger partial charge in [0.2, 0.25) is 0 Å². The molecule has 0 saturated carbocycles. The van der Waals surface area contributed by atoms with Crippen LogP contribution in [0.4, 0.5) is 14.5 Å². The highest BCUT2D eigenvalue weighted by Crippen LogP contribution is 2.31. The fourth-order valence-electron chi connectivity index (χ4n) is 2.39. The lowest BCUT2D eigenvalue weighted by atomic mass is 10.2. The van der Waals surface area contributed by atoms with Gasteiger partial charge in [-0.2, -0.15) is 5.10 Å². The van der Waals surface area contributed by atoms with E-state index in [1.807, 2.05) is 12.1 Å². The van der Waals surface area contributed by atoms with Crippen LogP contribution in [0.1, 0.15) is 11.1 Å². The second-order valence-electron chi connectivity index (χ2n) is 5.67. The number of nitrogens with zero attached hydrogens (tertiary/aromatic N) is 1. The first kappa shape index (κ1) is 18.4. The number of anilines is 1. The number of hydrogen-bond donors (Lipinski definition) is 1. The molecule has 138 valence electrons. The highest BCUT2D eigenvalue weighted by molar-refractivity contribution is 5.85. The maximum Gasteiger partial charge on any atom is 0.170 e. The third kappa shape index (κ3) is 5.04. The molecular weight excluding hydrogens is 350 g/mol. The molecule has 0 amide bonds. The highest BCUT2D eigenvalue weighted by Gasteiger charge is 2.10. The fraction of sp³-hybridized carbons (Fsp3) is 0.0952. The van der Waals surface area contributed by atoms with Crippen LogP contribution < -0.4 is 14.9 Å². The summed E-state index contributed by atoms with van der Waals surface area (Å²) in [6.07, 6.45) is 1.59. The van der Waals surface area contributed by atoms with Crippen LogP contribution in [0.25, 0.3) is 0 Å². The average Bonchev–Trinajstić information content (AvgIpc) is 2.69. The Morgan fingerprint density at radius 1 is 0.926 bits per heavy atom. The normalized spacial score (nSPS) is 10.8. The number of halogens is 2. The van der Waals surface area contributed by atoms with Crippen LogP contribution in [0.2, 0.25) is 0 Å². The lowest BCUT2D eigenvalue weighted by Crippen LogP contribution is -2.01. The molecule has 0 saturated heterocycles. The van der Waals surface area contributed by atoms with Gasteiger partial charge in [-0.15, -0.1) is 0 Å². The molecule has 3 aromatic rings. The summed E-state index contributed by atoms with van der Waals surface area (Å²) in [6, 6.07) is 17.4. The SMILES string of the molecule is COc1cccc(C=NNc2ccc(F)cc2)c1OCc1ccc(F)cc1. The van der Waals surface area contributed by atoms with Crippen molar-refractivity contribution in [2.75, 3.05) is 12.5 Å². The van der Waals surface area contributed by atoms with Gasteiger partial charge >= 0.3 is 0 Å². The van der Waals surface area contributed by atoms with Crippen LogP contribution in [0.3, 0.4) is 0 Å². The van der Waals surface area contributed by atoms with Crippen molar-refractivity contribution in [3.63, 3.8) is 0 Å². The summed E-state index contributed by atoms with van der Waals surface area (Å²) in [5, 5.41) is 4.16. The minimum absolute atomic E-state index is 0.257. The number of nitrogens with one attached hydrogen (secondary N) is 1. The monoisotopic (exact) mass is 368 g/mol. The van der Waals surface area contributed by atoms with E-state index in [1.54, 1.807) is 43.7 Å². The predicted molar refractivity (Wildman–Crippen MR) is 101 cm³/mol. The Morgan fingerprint density at radius 2 is 1.59 bits per heavy atom. The van der Waals surface area contributed by atoms with E-state index in [0.29, 0.717) is 22.7 Å². The van der Waals surface area contributed by atoms with Crippen LogP contribution in [0, 0.1) is 11.6 Å². The molecule has 3 rings (SSSR count). The van der Waals surface area contributed by atoms with Crippen LogP contribution in [0.15, 0.2) is 71.8 Å². The van der Waals surface area contributed by atoms with Crippen LogP contribution in [-0.2, 0) is 6.61 Å². The lowest BCUT2D eigenvalue weighted by Gasteiger charge is -2.13. The summed E-state index contributed by atoms with van der Waals surface area (Å²) in [6.45, 7) is 0.257. The van der Waals surface area contributed by atoms with Crippen molar-refractivity contribution in [2.24, 2.45) is 5.10 Å². The summed E-state index contributed by atoms with van der Waals surface area (Å²) in [7, 11) is 1.55. The molecule has 0 heterocycles. The van der Waals surface area contributed by atoms with Crippen LogP contribution in [0.5, 0.6) is 11.5 Å². The van der Waals surface area contributed by atoms with E-state index >= 15 is 0 Å². The molecule has 0 spiro atoms. The quantitative estimate of drug-likeness (QED) is 0.471. The molecule has 0 atom stereocenters. The summed E-state index contributed by atoms with van der Waals surface area (Å²) in [5.41, 5.74) is 5.02.